The Morgan fingerprint density at radius 2 is 1.86 bits per heavy atom. The molecule has 4 aliphatic rings. The summed E-state index contributed by atoms with van der Waals surface area (Å²) in [5.74, 6) is -2.45. The first kappa shape index (κ1) is 26.5. The van der Waals surface area contributed by atoms with Crippen molar-refractivity contribution in [3.63, 3.8) is 0 Å². The van der Waals surface area contributed by atoms with Crippen LogP contribution >= 0.6 is 0 Å². The van der Waals surface area contributed by atoms with Crippen LogP contribution in [0, 0.1) is 17.3 Å². The van der Waals surface area contributed by atoms with Gasteiger partial charge in [0.05, 0.1) is 19.6 Å². The predicted octanol–water partition coefficient (Wildman–Crippen LogP) is 0.840. The monoisotopic (exact) mass is 505 g/mol. The quantitative estimate of drug-likeness (QED) is 0.416. The maximum absolute atomic E-state index is 11.7. The largest absolute Gasteiger partial charge is 0.481 e. The van der Waals surface area contributed by atoms with E-state index < -0.39 is 30.4 Å². The molecule has 3 atom stereocenters. The molecule has 3 heterocycles. The van der Waals surface area contributed by atoms with Gasteiger partial charge in [0.25, 0.3) is 5.91 Å². The molecule has 198 valence electrons. The Morgan fingerprint density at radius 1 is 1.22 bits per heavy atom. The number of pyridine rings is 1. The number of carbonyl (C=O) groups excluding carboxylic acids is 1. The summed E-state index contributed by atoms with van der Waals surface area (Å²) >= 11 is 0. The number of methoxy groups -OCH3 is 1. The van der Waals surface area contributed by atoms with E-state index in [1.165, 1.54) is 19.3 Å². The summed E-state index contributed by atoms with van der Waals surface area (Å²) in [5.41, 5.74) is 7.05. The number of likely N-dealkylation sites (tertiary alicyclic amines) is 1. The molecule has 11 heteroatoms. The second kappa shape index (κ2) is 10.4. The molecule has 5 N–H and O–H groups in total. The molecular weight excluding hydrogens is 470 g/mol. The molecule has 0 radical (unpaired) electrons. The van der Waals surface area contributed by atoms with Gasteiger partial charge < -0.3 is 30.5 Å². The summed E-state index contributed by atoms with van der Waals surface area (Å²) < 4.78 is 11.7. The highest BCUT2D eigenvalue weighted by Crippen LogP contribution is 2.55. The van der Waals surface area contributed by atoms with Crippen LogP contribution in [0.4, 0.5) is 0 Å². The number of nitrogens with zero attached hydrogens (tertiary/aromatic N) is 2. The van der Waals surface area contributed by atoms with Crippen LogP contribution in [0.25, 0.3) is 0 Å². The molecule has 1 spiro atoms. The molecule has 5 rings (SSSR count). The van der Waals surface area contributed by atoms with Gasteiger partial charge >= 0.3 is 11.9 Å². The van der Waals surface area contributed by atoms with Gasteiger partial charge in [-0.05, 0) is 43.4 Å². The maximum Gasteiger partial charge on any atom is 0.333 e. The average molecular weight is 506 g/mol. The molecule has 1 aromatic heterocycles. The third kappa shape index (κ3) is 4.97. The Balaban J connectivity index is 0.000000292. The number of hydrogen-bond acceptors (Lipinski definition) is 8. The number of carboxylic acids is 2. The van der Waals surface area contributed by atoms with E-state index in [-0.39, 0.29) is 5.60 Å². The van der Waals surface area contributed by atoms with Crippen molar-refractivity contribution in [2.24, 2.45) is 23.0 Å². The fraction of sp³-hybridized carbons (Fsp3) is 0.680. The van der Waals surface area contributed by atoms with Gasteiger partial charge in [0.15, 0.2) is 6.10 Å². The number of amides is 1. The summed E-state index contributed by atoms with van der Waals surface area (Å²) in [7, 11) is 1.83. The summed E-state index contributed by atoms with van der Waals surface area (Å²) in [6.07, 6.45) is 5.31. The van der Waals surface area contributed by atoms with Gasteiger partial charge in [0.1, 0.15) is 11.3 Å². The standard InChI is InChI=1S/C21H29N3O3.C4H6O5/c1-26-21(14-5-6-23-18(7-14)19(22)25)15-3-2-4-16(21)11-24(10-15)17-8-20(9-17)12-27-13-20;5-2(4(8)9)1-3(6)7/h5-7,15-17H,2-4,8-13H2,1H3,(H2,22,25);2,5H,1H2,(H,6,7)(H,8,9)/t;2-/m.0/s1. The number of aliphatic hydroxyl groups is 1. The second-order valence-corrected chi connectivity index (χ2v) is 10.6. The van der Waals surface area contributed by atoms with Crippen molar-refractivity contribution in [3.8, 4) is 0 Å². The number of carboxylic acid groups (broad SMARTS) is 2. The number of aromatic nitrogens is 1. The number of ether oxygens (including phenoxy) is 2. The fourth-order valence-electron chi connectivity index (χ4n) is 6.57. The van der Waals surface area contributed by atoms with Gasteiger partial charge in [0, 0.05) is 49.7 Å². The maximum atomic E-state index is 11.7. The minimum atomic E-state index is -1.79. The van der Waals surface area contributed by atoms with Crippen molar-refractivity contribution in [2.45, 2.75) is 56.3 Å². The zero-order chi connectivity index (χ0) is 26.1. The van der Waals surface area contributed by atoms with Gasteiger partial charge in [-0.2, -0.15) is 0 Å². The number of piperidine rings is 1. The fourth-order valence-corrected chi connectivity index (χ4v) is 6.57. The minimum absolute atomic E-state index is 0.329. The Kier molecular flexibility index (Phi) is 7.65. The molecule has 2 saturated heterocycles. The van der Waals surface area contributed by atoms with Crippen LogP contribution in [0.5, 0.6) is 0 Å². The summed E-state index contributed by atoms with van der Waals surface area (Å²) in [4.78, 5) is 37.9. The highest BCUT2D eigenvalue weighted by Gasteiger charge is 2.57. The Bertz CT molecular complexity index is 975. The Morgan fingerprint density at radius 3 is 2.31 bits per heavy atom. The van der Waals surface area contributed by atoms with Crippen LogP contribution < -0.4 is 5.73 Å². The first-order valence-electron chi connectivity index (χ1n) is 12.4. The average Bonchev–Trinajstić information content (AvgIpc) is 2.76. The summed E-state index contributed by atoms with van der Waals surface area (Å²) in [6.45, 7) is 4.05. The van der Waals surface area contributed by atoms with E-state index in [0.717, 1.165) is 44.7 Å². The van der Waals surface area contributed by atoms with Gasteiger partial charge in [-0.15, -0.1) is 0 Å². The van der Waals surface area contributed by atoms with Crippen LogP contribution in [-0.2, 0) is 24.7 Å². The van der Waals surface area contributed by atoms with Crippen molar-refractivity contribution in [1.29, 1.82) is 0 Å². The number of hydrogen-bond donors (Lipinski definition) is 4. The molecule has 0 aromatic carbocycles. The van der Waals surface area contributed by atoms with E-state index in [1.807, 2.05) is 19.2 Å². The Labute approximate surface area is 209 Å². The van der Waals surface area contributed by atoms with Crippen molar-refractivity contribution in [2.75, 3.05) is 33.4 Å². The lowest BCUT2D eigenvalue weighted by atomic mass is 9.59. The third-order valence-corrected chi connectivity index (χ3v) is 8.35. The van der Waals surface area contributed by atoms with Crippen molar-refractivity contribution in [3.05, 3.63) is 29.6 Å². The van der Waals surface area contributed by atoms with Crippen LogP contribution in [0.1, 0.15) is 54.6 Å². The van der Waals surface area contributed by atoms with Crippen LogP contribution in [0.2, 0.25) is 0 Å². The topological polar surface area (TPSA) is 173 Å². The molecule has 4 fully saturated rings. The number of nitrogens with two attached hydrogens (primary N) is 1. The van der Waals surface area contributed by atoms with Crippen LogP contribution in [-0.4, -0.2) is 88.6 Å². The van der Waals surface area contributed by atoms with Gasteiger partial charge in [0.2, 0.25) is 0 Å². The molecule has 36 heavy (non-hydrogen) atoms. The molecule has 2 bridgehead atoms. The van der Waals surface area contributed by atoms with E-state index >= 15 is 0 Å². The predicted molar refractivity (Wildman–Crippen MR) is 126 cm³/mol. The third-order valence-electron chi connectivity index (χ3n) is 8.35. The number of fused-ring (bicyclic) bond motifs is 2. The first-order chi connectivity index (χ1) is 17.1. The Hall–Kier alpha value is -2.60. The first-order valence-corrected chi connectivity index (χ1v) is 12.4. The van der Waals surface area contributed by atoms with Gasteiger partial charge in [-0.3, -0.25) is 19.5 Å². The lowest BCUT2D eigenvalue weighted by molar-refractivity contribution is -0.215. The molecule has 1 aromatic rings. The molecule has 2 unspecified atom stereocenters. The van der Waals surface area contributed by atoms with Gasteiger partial charge in [-0.1, -0.05) is 6.42 Å². The molecule has 1 amide bonds. The number of aliphatic hydroxyl groups excluding tert-OH is 1. The SMILES string of the molecule is COC1(c2ccnc(C(N)=O)c2)C2CCCC1CN(C1CC3(COC3)C1)C2.O=C(O)C[C@H](O)C(=O)O. The van der Waals surface area contributed by atoms with E-state index in [2.05, 4.69) is 9.88 Å². The highest BCUT2D eigenvalue weighted by molar-refractivity contribution is 5.90. The molecule has 2 saturated carbocycles. The molecule has 2 aliphatic carbocycles. The van der Waals surface area contributed by atoms with Crippen LogP contribution in [0.15, 0.2) is 18.3 Å². The lowest BCUT2D eigenvalue weighted by Gasteiger charge is -2.61. The number of carbonyl (C=O) groups is 3. The zero-order valence-corrected chi connectivity index (χ0v) is 20.5. The van der Waals surface area contributed by atoms with E-state index in [4.69, 9.17) is 30.5 Å². The zero-order valence-electron chi connectivity index (χ0n) is 20.5. The minimum Gasteiger partial charge on any atom is -0.481 e. The number of aliphatic carboxylic acids is 2. The number of rotatable bonds is 7. The van der Waals surface area contributed by atoms with Crippen LogP contribution in [0.3, 0.4) is 0 Å². The normalized spacial score (nSPS) is 29.7. The molecule has 2 aliphatic heterocycles. The van der Waals surface area contributed by atoms with E-state index in [9.17, 15) is 14.4 Å². The smallest absolute Gasteiger partial charge is 0.333 e. The lowest BCUT2D eigenvalue weighted by Crippen LogP contribution is -2.66. The summed E-state index contributed by atoms with van der Waals surface area (Å²) in [6, 6.07) is 4.57. The second-order valence-electron chi connectivity index (χ2n) is 10.6. The van der Waals surface area contributed by atoms with E-state index in [1.54, 1.807) is 6.20 Å². The number of primary amides is 1. The molecular formula is C25H35N3O8. The summed E-state index contributed by atoms with van der Waals surface area (Å²) in [5, 5.41) is 24.1. The van der Waals surface area contributed by atoms with Crippen molar-refractivity contribution >= 4 is 17.8 Å². The van der Waals surface area contributed by atoms with Gasteiger partial charge in [-0.25, -0.2) is 4.79 Å². The van der Waals surface area contributed by atoms with Crippen molar-refractivity contribution in [1.82, 2.24) is 9.88 Å². The van der Waals surface area contributed by atoms with Crippen molar-refractivity contribution < 1.29 is 39.2 Å². The highest BCUT2D eigenvalue weighted by atomic mass is 16.5. The molecule has 11 nitrogen and oxygen atoms in total. The van der Waals surface area contributed by atoms with E-state index in [0.29, 0.717) is 29.0 Å².